The highest BCUT2D eigenvalue weighted by Gasteiger charge is 1.82. The van der Waals surface area contributed by atoms with Crippen molar-refractivity contribution in [3.05, 3.63) is 0 Å². The summed E-state index contributed by atoms with van der Waals surface area (Å²) in [7, 11) is 2.00. The molecule has 0 unspecified atom stereocenters. The maximum absolute atomic E-state index is 9.82. The summed E-state index contributed by atoms with van der Waals surface area (Å²) in [4.78, 5) is 19.6. The van der Waals surface area contributed by atoms with Crippen molar-refractivity contribution in [3.63, 3.8) is 0 Å². The van der Waals surface area contributed by atoms with Crippen LogP contribution in [0.2, 0.25) is 0 Å². The number of unbranched alkanes of at least 4 members (excludes halogenated alkanes) is 6. The molecule has 4 N–H and O–H groups in total. The average molecular weight is 505 g/mol. The monoisotopic (exact) mass is 504 g/mol. The third kappa shape index (κ3) is 235. The second-order valence-electron chi connectivity index (χ2n) is 5.90. The lowest BCUT2D eigenvalue weighted by Gasteiger charge is -1.89. The van der Waals surface area contributed by atoms with Crippen molar-refractivity contribution < 1.29 is 39.5 Å². The van der Waals surface area contributed by atoms with Crippen LogP contribution in [0.5, 0.6) is 0 Å². The molecule has 0 spiro atoms. The zero-order valence-corrected chi connectivity index (χ0v) is 24.9. The Morgan fingerprint density at radius 1 is 0.500 bits per heavy atom. The van der Waals surface area contributed by atoms with Gasteiger partial charge in [-0.05, 0) is 27.7 Å². The predicted molar refractivity (Wildman–Crippen MR) is 146 cm³/mol. The highest BCUT2D eigenvalue weighted by atomic mass is 16.5. The Kier molecular flexibility index (Phi) is 135. The Morgan fingerprint density at radius 3 is 0.676 bits per heavy atom. The molecule has 0 aromatic rings. The standard InChI is InChI=1S/2C6H14.2C4H8O2.2C2H6O.2CH4O/c2*1-3-5-6-4-2;2*1-3-6-4(2)5;2*1-2-3;2*1-2/h2*3-6H2,1-2H3;2*3H2,1-2H3;2*3H,2H2,1H3;2*2H,1H3. The smallest absolute Gasteiger partial charge is 0.302 e. The van der Waals surface area contributed by atoms with Crippen LogP contribution in [0, 0.1) is 0 Å². The number of aliphatic hydroxyl groups excluding tert-OH is 4. The van der Waals surface area contributed by atoms with Gasteiger partial charge in [0.1, 0.15) is 0 Å². The molecular formula is C26H64O8. The summed E-state index contributed by atoms with van der Waals surface area (Å²) in [6.07, 6.45) is 11.1. The SMILES string of the molecule is CCCCCC.CCCCCC.CCO.CCO.CCOC(C)=O.CCOC(C)=O.CO.CO. The van der Waals surface area contributed by atoms with Crippen molar-refractivity contribution in [2.45, 2.75) is 121 Å². The topological polar surface area (TPSA) is 134 Å². The Hall–Kier alpha value is -1.22. The fourth-order valence-corrected chi connectivity index (χ4v) is 1.41. The van der Waals surface area contributed by atoms with Gasteiger partial charge in [-0.1, -0.05) is 79.1 Å². The minimum absolute atomic E-state index is 0.211. The molecule has 0 rings (SSSR count). The molecule has 0 fully saturated rings. The van der Waals surface area contributed by atoms with Gasteiger partial charge in [0.05, 0.1) is 13.2 Å². The molecule has 0 aliphatic heterocycles. The van der Waals surface area contributed by atoms with E-state index in [0.29, 0.717) is 13.2 Å². The molecule has 0 saturated carbocycles. The first-order valence-corrected chi connectivity index (χ1v) is 12.6. The fourth-order valence-electron chi connectivity index (χ4n) is 1.41. The van der Waals surface area contributed by atoms with E-state index in [0.717, 1.165) is 14.2 Å². The molecule has 8 heteroatoms. The summed E-state index contributed by atoms with van der Waals surface area (Å²) in [5, 5.41) is 29.1. The lowest BCUT2D eigenvalue weighted by atomic mass is 10.2. The molecule has 0 heterocycles. The van der Waals surface area contributed by atoms with Gasteiger partial charge in [0, 0.05) is 41.3 Å². The van der Waals surface area contributed by atoms with Crippen LogP contribution in [0.1, 0.15) is 121 Å². The molecule has 0 bridgehead atoms. The van der Waals surface area contributed by atoms with Gasteiger partial charge in [-0.2, -0.15) is 0 Å². The maximum Gasteiger partial charge on any atom is 0.302 e. The average Bonchev–Trinajstić information content (AvgIpc) is 2.81. The molecule has 0 amide bonds. The normalized spacial score (nSPS) is 7.29. The van der Waals surface area contributed by atoms with Gasteiger partial charge in [-0.25, -0.2) is 0 Å². The van der Waals surface area contributed by atoms with Gasteiger partial charge in [0.25, 0.3) is 0 Å². The van der Waals surface area contributed by atoms with Gasteiger partial charge < -0.3 is 29.9 Å². The molecule has 216 valence electrons. The molecular weight excluding hydrogens is 440 g/mol. The number of carbonyl (C=O) groups is 2. The Balaban J connectivity index is -0.0000000393. The fraction of sp³-hybridized carbons (Fsp3) is 0.923. The van der Waals surface area contributed by atoms with Crippen LogP contribution in [0.4, 0.5) is 0 Å². The molecule has 0 saturated heterocycles. The van der Waals surface area contributed by atoms with Crippen molar-refractivity contribution in [2.75, 3.05) is 40.6 Å². The predicted octanol–water partition coefficient (Wildman–Crippen LogP) is 5.53. The molecule has 0 aromatic heterocycles. The number of ether oxygens (including phenoxy) is 2. The van der Waals surface area contributed by atoms with E-state index in [9.17, 15) is 9.59 Å². The first-order chi connectivity index (χ1) is 16.2. The molecule has 0 aliphatic carbocycles. The van der Waals surface area contributed by atoms with E-state index in [1.807, 2.05) is 0 Å². The number of carbonyl (C=O) groups excluding carboxylic acids is 2. The highest BCUT2D eigenvalue weighted by molar-refractivity contribution is 5.66. The molecule has 0 aliphatic rings. The summed E-state index contributed by atoms with van der Waals surface area (Å²) < 4.78 is 8.81. The van der Waals surface area contributed by atoms with Crippen LogP contribution < -0.4 is 0 Å². The van der Waals surface area contributed by atoms with Crippen LogP contribution in [0.3, 0.4) is 0 Å². The van der Waals surface area contributed by atoms with Gasteiger partial charge >= 0.3 is 11.9 Å². The zero-order valence-electron chi connectivity index (χ0n) is 24.9. The lowest BCUT2D eigenvalue weighted by molar-refractivity contribution is -0.141. The van der Waals surface area contributed by atoms with Crippen molar-refractivity contribution in [3.8, 4) is 0 Å². The van der Waals surface area contributed by atoms with Crippen molar-refractivity contribution >= 4 is 11.9 Å². The van der Waals surface area contributed by atoms with E-state index < -0.39 is 0 Å². The van der Waals surface area contributed by atoms with E-state index in [-0.39, 0.29) is 25.2 Å². The van der Waals surface area contributed by atoms with Crippen molar-refractivity contribution in [2.24, 2.45) is 0 Å². The van der Waals surface area contributed by atoms with Crippen LogP contribution in [-0.4, -0.2) is 73.0 Å². The van der Waals surface area contributed by atoms with Gasteiger partial charge in [-0.3, -0.25) is 9.59 Å². The van der Waals surface area contributed by atoms with E-state index >= 15 is 0 Å². The zero-order chi connectivity index (χ0) is 29.1. The molecule has 8 nitrogen and oxygen atoms in total. The maximum atomic E-state index is 9.82. The van der Waals surface area contributed by atoms with Crippen LogP contribution in [-0.2, 0) is 19.1 Å². The van der Waals surface area contributed by atoms with Gasteiger partial charge in [0.15, 0.2) is 0 Å². The Morgan fingerprint density at radius 2 is 0.647 bits per heavy atom. The van der Waals surface area contributed by atoms with E-state index in [2.05, 4.69) is 37.2 Å². The van der Waals surface area contributed by atoms with Crippen LogP contribution >= 0.6 is 0 Å². The van der Waals surface area contributed by atoms with E-state index in [1.165, 1.54) is 65.2 Å². The van der Waals surface area contributed by atoms with Crippen LogP contribution in [0.25, 0.3) is 0 Å². The number of rotatable bonds is 8. The number of aliphatic hydroxyl groups is 4. The minimum Gasteiger partial charge on any atom is -0.466 e. The second kappa shape index (κ2) is 85.4. The van der Waals surface area contributed by atoms with Gasteiger partial charge in [-0.15, -0.1) is 0 Å². The Labute approximate surface area is 213 Å². The Bertz CT molecular complexity index is 229. The largest absolute Gasteiger partial charge is 0.466 e. The van der Waals surface area contributed by atoms with Crippen molar-refractivity contribution in [1.82, 2.24) is 0 Å². The summed E-state index contributed by atoms with van der Waals surface area (Å²) in [5.41, 5.74) is 0. The molecule has 0 atom stereocenters. The highest BCUT2D eigenvalue weighted by Crippen LogP contribution is 1.95. The minimum atomic E-state index is -0.211. The summed E-state index contributed by atoms with van der Waals surface area (Å²) in [5.74, 6) is -0.421. The first kappa shape index (κ1) is 53.9. The lowest BCUT2D eigenvalue weighted by Crippen LogP contribution is -1.95. The van der Waals surface area contributed by atoms with E-state index in [4.69, 9.17) is 20.4 Å². The number of hydrogen-bond acceptors (Lipinski definition) is 8. The van der Waals surface area contributed by atoms with E-state index in [1.54, 1.807) is 27.7 Å². The summed E-state index contributed by atoms with van der Waals surface area (Å²) in [6, 6.07) is 0. The quantitative estimate of drug-likeness (QED) is 0.250. The van der Waals surface area contributed by atoms with Crippen molar-refractivity contribution in [1.29, 1.82) is 0 Å². The second-order valence-corrected chi connectivity index (χ2v) is 5.90. The number of esters is 2. The van der Waals surface area contributed by atoms with Crippen LogP contribution in [0.15, 0.2) is 0 Å². The number of hydrogen-bond donors (Lipinski definition) is 4. The summed E-state index contributed by atoms with van der Waals surface area (Å²) >= 11 is 0. The summed E-state index contributed by atoms with van der Waals surface area (Å²) in [6.45, 7) is 20.1. The first-order valence-electron chi connectivity index (χ1n) is 12.6. The molecule has 34 heavy (non-hydrogen) atoms. The molecule has 0 radical (unpaired) electrons. The third-order valence-corrected chi connectivity index (χ3v) is 2.61. The van der Waals surface area contributed by atoms with Gasteiger partial charge in [0.2, 0.25) is 0 Å². The molecule has 0 aromatic carbocycles. The third-order valence-electron chi connectivity index (χ3n) is 2.61.